The number of urea groups is 1. The molecular formula is C13H17N3O4. The smallest absolute Gasteiger partial charge is 0.354 e. The van der Waals surface area contributed by atoms with Gasteiger partial charge in [-0.25, -0.2) is 14.6 Å². The third-order valence-corrected chi connectivity index (χ3v) is 2.94. The zero-order chi connectivity index (χ0) is 14.7. The number of anilines is 1. The van der Waals surface area contributed by atoms with E-state index >= 15 is 0 Å². The number of aromatic carboxylic acids is 1. The number of carbonyl (C=O) groups excluding carboxylic acids is 1. The van der Waals surface area contributed by atoms with Crippen molar-refractivity contribution in [3.8, 4) is 0 Å². The first-order chi connectivity index (χ1) is 9.45. The predicted molar refractivity (Wildman–Crippen MR) is 71.8 cm³/mol. The molecule has 1 fully saturated rings. The van der Waals surface area contributed by atoms with Crippen LogP contribution in [0.4, 0.5) is 10.5 Å². The van der Waals surface area contributed by atoms with Crippen molar-refractivity contribution in [3.63, 3.8) is 0 Å². The van der Waals surface area contributed by atoms with Crippen LogP contribution in [0.2, 0.25) is 0 Å². The quantitative estimate of drug-likeness (QED) is 0.854. The minimum atomic E-state index is -1.10. The molecule has 108 valence electrons. The molecule has 1 aliphatic heterocycles. The van der Waals surface area contributed by atoms with E-state index in [-0.39, 0.29) is 23.9 Å². The number of rotatable bonds is 2. The van der Waals surface area contributed by atoms with E-state index in [1.165, 1.54) is 18.3 Å². The van der Waals surface area contributed by atoms with Gasteiger partial charge >= 0.3 is 12.0 Å². The number of hydrogen-bond acceptors (Lipinski definition) is 4. The van der Waals surface area contributed by atoms with Crippen molar-refractivity contribution in [1.29, 1.82) is 0 Å². The molecule has 2 atom stereocenters. The number of carboxylic acid groups (broad SMARTS) is 1. The summed E-state index contributed by atoms with van der Waals surface area (Å²) in [4.78, 5) is 28.2. The SMILES string of the molecule is C[C@@H]1CN(C(=O)Nc2ccc(C(=O)O)nc2)C[C@H](C)O1. The fourth-order valence-electron chi connectivity index (χ4n) is 2.14. The van der Waals surface area contributed by atoms with Crippen molar-refractivity contribution in [2.45, 2.75) is 26.1 Å². The second-order valence-corrected chi connectivity index (χ2v) is 4.83. The zero-order valence-electron chi connectivity index (χ0n) is 11.4. The predicted octanol–water partition coefficient (Wildman–Crippen LogP) is 1.42. The molecular weight excluding hydrogens is 262 g/mol. The Morgan fingerprint density at radius 2 is 2.00 bits per heavy atom. The second-order valence-electron chi connectivity index (χ2n) is 4.83. The van der Waals surface area contributed by atoms with Gasteiger partial charge in [0.1, 0.15) is 5.69 Å². The summed E-state index contributed by atoms with van der Waals surface area (Å²) in [6.07, 6.45) is 1.32. The Morgan fingerprint density at radius 1 is 1.35 bits per heavy atom. The summed E-state index contributed by atoms with van der Waals surface area (Å²) in [6.45, 7) is 4.88. The lowest BCUT2D eigenvalue weighted by molar-refractivity contribution is -0.0530. The van der Waals surface area contributed by atoms with Gasteiger partial charge in [-0.1, -0.05) is 0 Å². The van der Waals surface area contributed by atoms with Crippen molar-refractivity contribution >= 4 is 17.7 Å². The maximum atomic E-state index is 12.1. The summed E-state index contributed by atoms with van der Waals surface area (Å²) in [6, 6.07) is 2.63. The lowest BCUT2D eigenvalue weighted by atomic mass is 10.2. The van der Waals surface area contributed by atoms with E-state index in [4.69, 9.17) is 9.84 Å². The van der Waals surface area contributed by atoms with Gasteiger partial charge in [-0.3, -0.25) is 0 Å². The first-order valence-electron chi connectivity index (χ1n) is 6.36. The highest BCUT2D eigenvalue weighted by atomic mass is 16.5. The van der Waals surface area contributed by atoms with E-state index in [0.717, 1.165) is 0 Å². The van der Waals surface area contributed by atoms with Crippen LogP contribution in [-0.4, -0.2) is 52.3 Å². The van der Waals surface area contributed by atoms with Gasteiger partial charge in [0.15, 0.2) is 0 Å². The molecule has 2 amide bonds. The van der Waals surface area contributed by atoms with Crippen molar-refractivity contribution < 1.29 is 19.4 Å². The number of carboxylic acids is 1. The number of pyridine rings is 1. The van der Waals surface area contributed by atoms with Gasteiger partial charge in [-0.2, -0.15) is 0 Å². The minimum absolute atomic E-state index is 0.00277. The Hall–Kier alpha value is -2.15. The van der Waals surface area contributed by atoms with Crippen LogP contribution in [-0.2, 0) is 4.74 Å². The van der Waals surface area contributed by atoms with Gasteiger partial charge in [-0.05, 0) is 26.0 Å². The molecule has 1 aromatic rings. The first kappa shape index (κ1) is 14.3. The monoisotopic (exact) mass is 279 g/mol. The van der Waals surface area contributed by atoms with Crippen LogP contribution in [0, 0.1) is 0 Å². The fourth-order valence-corrected chi connectivity index (χ4v) is 2.14. The first-order valence-corrected chi connectivity index (χ1v) is 6.36. The number of aromatic nitrogens is 1. The lowest BCUT2D eigenvalue weighted by Crippen LogP contribution is -2.49. The van der Waals surface area contributed by atoms with Crippen LogP contribution in [0.15, 0.2) is 18.3 Å². The van der Waals surface area contributed by atoms with Crippen LogP contribution >= 0.6 is 0 Å². The van der Waals surface area contributed by atoms with Crippen LogP contribution in [0.1, 0.15) is 24.3 Å². The molecule has 1 aromatic heterocycles. The second kappa shape index (κ2) is 5.87. The van der Waals surface area contributed by atoms with Gasteiger partial charge in [-0.15, -0.1) is 0 Å². The van der Waals surface area contributed by atoms with Gasteiger partial charge in [0.05, 0.1) is 24.1 Å². The van der Waals surface area contributed by atoms with Crippen molar-refractivity contribution in [2.75, 3.05) is 18.4 Å². The van der Waals surface area contributed by atoms with E-state index in [1.54, 1.807) is 4.90 Å². The standard InChI is InChI=1S/C13H17N3O4/c1-8-6-16(7-9(2)20-8)13(19)15-10-3-4-11(12(17)18)14-5-10/h3-5,8-9H,6-7H2,1-2H3,(H,15,19)(H,17,18)/t8-,9+. The molecule has 2 rings (SSSR count). The molecule has 7 nitrogen and oxygen atoms in total. The molecule has 0 aliphatic carbocycles. The molecule has 1 saturated heterocycles. The average Bonchev–Trinajstić information content (AvgIpc) is 2.38. The maximum absolute atomic E-state index is 12.1. The van der Waals surface area contributed by atoms with Crippen LogP contribution in [0.5, 0.6) is 0 Å². The van der Waals surface area contributed by atoms with E-state index < -0.39 is 5.97 Å². The number of nitrogens with one attached hydrogen (secondary N) is 1. The Balaban J connectivity index is 1.98. The molecule has 7 heteroatoms. The molecule has 0 spiro atoms. The summed E-state index contributed by atoms with van der Waals surface area (Å²) in [5, 5.41) is 11.4. The molecule has 20 heavy (non-hydrogen) atoms. The number of carbonyl (C=O) groups is 2. The summed E-state index contributed by atoms with van der Waals surface area (Å²) in [5.41, 5.74) is 0.406. The molecule has 0 bridgehead atoms. The fraction of sp³-hybridized carbons (Fsp3) is 0.462. The van der Waals surface area contributed by atoms with Crippen LogP contribution < -0.4 is 5.32 Å². The maximum Gasteiger partial charge on any atom is 0.354 e. The number of morpholine rings is 1. The highest BCUT2D eigenvalue weighted by molar-refractivity contribution is 5.90. The summed E-state index contributed by atoms with van der Waals surface area (Å²) < 4.78 is 5.56. The molecule has 1 aliphatic rings. The molecule has 0 aromatic carbocycles. The van der Waals surface area contributed by atoms with Gasteiger partial charge in [0.25, 0.3) is 0 Å². The van der Waals surface area contributed by atoms with E-state index in [2.05, 4.69) is 10.3 Å². The molecule has 2 N–H and O–H groups in total. The summed E-state index contributed by atoms with van der Waals surface area (Å²) in [7, 11) is 0. The Bertz CT molecular complexity index is 493. The highest BCUT2D eigenvalue weighted by Gasteiger charge is 2.25. The van der Waals surface area contributed by atoms with E-state index in [1.807, 2.05) is 13.8 Å². The Labute approximate surface area is 116 Å². The Morgan fingerprint density at radius 3 is 2.50 bits per heavy atom. The highest BCUT2D eigenvalue weighted by Crippen LogP contribution is 2.13. The molecule has 0 saturated carbocycles. The summed E-state index contributed by atoms with van der Waals surface area (Å²) >= 11 is 0. The molecule has 0 radical (unpaired) electrons. The Kier molecular flexibility index (Phi) is 4.19. The summed E-state index contributed by atoms with van der Waals surface area (Å²) in [5.74, 6) is -1.10. The zero-order valence-corrected chi connectivity index (χ0v) is 11.4. The van der Waals surface area contributed by atoms with Crippen molar-refractivity contribution in [1.82, 2.24) is 9.88 Å². The third-order valence-electron chi connectivity index (χ3n) is 2.94. The van der Waals surface area contributed by atoms with Crippen LogP contribution in [0.25, 0.3) is 0 Å². The van der Waals surface area contributed by atoms with E-state index in [0.29, 0.717) is 18.8 Å². The number of nitrogens with zero attached hydrogens (tertiary/aromatic N) is 2. The molecule has 2 heterocycles. The van der Waals surface area contributed by atoms with Gasteiger partial charge in [0, 0.05) is 13.1 Å². The number of ether oxygens (including phenoxy) is 1. The molecule has 0 unspecified atom stereocenters. The topological polar surface area (TPSA) is 91.8 Å². The van der Waals surface area contributed by atoms with E-state index in [9.17, 15) is 9.59 Å². The van der Waals surface area contributed by atoms with Gasteiger partial charge in [0.2, 0.25) is 0 Å². The largest absolute Gasteiger partial charge is 0.477 e. The number of hydrogen-bond donors (Lipinski definition) is 2. The third kappa shape index (κ3) is 3.45. The van der Waals surface area contributed by atoms with Crippen LogP contribution in [0.3, 0.4) is 0 Å². The van der Waals surface area contributed by atoms with Crippen molar-refractivity contribution in [3.05, 3.63) is 24.0 Å². The average molecular weight is 279 g/mol. The minimum Gasteiger partial charge on any atom is -0.477 e. The van der Waals surface area contributed by atoms with Crippen molar-refractivity contribution in [2.24, 2.45) is 0 Å². The number of amides is 2. The lowest BCUT2D eigenvalue weighted by Gasteiger charge is -2.35. The van der Waals surface area contributed by atoms with Gasteiger partial charge < -0.3 is 20.1 Å². The normalized spacial score (nSPS) is 22.4.